The van der Waals surface area contributed by atoms with Crippen molar-refractivity contribution in [3.8, 4) is 0 Å². The van der Waals surface area contributed by atoms with Gasteiger partial charge < -0.3 is 0 Å². The van der Waals surface area contributed by atoms with Gasteiger partial charge >= 0.3 is 0 Å². The highest BCUT2D eigenvalue weighted by molar-refractivity contribution is 9.10. The molecule has 0 aromatic heterocycles. The Morgan fingerprint density at radius 1 is 1.53 bits per heavy atom. The van der Waals surface area contributed by atoms with Crippen LogP contribution in [-0.2, 0) is 10.0 Å². The molecule has 7 heteroatoms. The molecule has 1 aliphatic heterocycles. The molecule has 17 heavy (non-hydrogen) atoms. The van der Waals surface area contributed by atoms with Crippen LogP contribution in [0, 0.1) is 11.7 Å². The molecule has 2 rings (SSSR count). The van der Waals surface area contributed by atoms with Gasteiger partial charge in [-0.3, -0.25) is 4.31 Å². The number of benzene rings is 1. The third-order valence-electron chi connectivity index (χ3n) is 2.54. The summed E-state index contributed by atoms with van der Waals surface area (Å²) in [5, 5.41) is 0.0922. The predicted octanol–water partition coefficient (Wildman–Crippen LogP) is 3.03. The van der Waals surface area contributed by atoms with Gasteiger partial charge in [0, 0.05) is 11.0 Å². The summed E-state index contributed by atoms with van der Waals surface area (Å²) < 4.78 is 38.5. The minimum absolute atomic E-state index is 0.0352. The Labute approximate surface area is 113 Å². The highest BCUT2D eigenvalue weighted by Gasteiger charge is 2.35. The number of hydrogen-bond acceptors (Lipinski definition) is 2. The molecule has 1 heterocycles. The van der Waals surface area contributed by atoms with Gasteiger partial charge in [0.2, 0.25) is 10.0 Å². The predicted molar refractivity (Wildman–Crippen MR) is 69.4 cm³/mol. The second kappa shape index (κ2) is 4.40. The first kappa shape index (κ1) is 13.1. The standard InChI is InChI=1S/C10H10BrClFNO2S/c1-6-4-14(17(15,16)5-6)10-8(11)2-7(13)3-9(10)12/h2-3,6H,4-5H2,1H3. The third kappa shape index (κ3) is 2.44. The molecule has 0 spiro atoms. The average molecular weight is 343 g/mol. The van der Waals surface area contributed by atoms with Crippen molar-refractivity contribution in [2.24, 2.45) is 5.92 Å². The van der Waals surface area contributed by atoms with Crippen molar-refractivity contribution in [2.75, 3.05) is 16.6 Å². The van der Waals surface area contributed by atoms with Crippen molar-refractivity contribution >= 4 is 43.2 Å². The summed E-state index contributed by atoms with van der Waals surface area (Å²) in [6.45, 7) is 2.22. The van der Waals surface area contributed by atoms with Gasteiger partial charge in [0.15, 0.2) is 0 Å². The van der Waals surface area contributed by atoms with Gasteiger partial charge in [0.25, 0.3) is 0 Å². The molecule has 1 atom stereocenters. The molecule has 3 nitrogen and oxygen atoms in total. The zero-order valence-corrected chi connectivity index (χ0v) is 12.1. The second-order valence-electron chi connectivity index (χ2n) is 4.13. The van der Waals surface area contributed by atoms with Gasteiger partial charge in [-0.2, -0.15) is 0 Å². The van der Waals surface area contributed by atoms with Crippen molar-refractivity contribution in [3.63, 3.8) is 0 Å². The van der Waals surface area contributed by atoms with E-state index in [0.717, 1.165) is 6.07 Å². The van der Waals surface area contributed by atoms with E-state index in [1.807, 2.05) is 6.92 Å². The van der Waals surface area contributed by atoms with Crippen LogP contribution in [0.25, 0.3) is 0 Å². The Morgan fingerprint density at radius 2 is 2.18 bits per heavy atom. The van der Waals surface area contributed by atoms with E-state index in [4.69, 9.17) is 11.6 Å². The van der Waals surface area contributed by atoms with Gasteiger partial charge in [-0.25, -0.2) is 12.8 Å². The molecule has 1 aromatic rings. The van der Waals surface area contributed by atoms with Gasteiger partial charge in [-0.1, -0.05) is 18.5 Å². The van der Waals surface area contributed by atoms with E-state index in [-0.39, 0.29) is 16.7 Å². The normalized spacial score (nSPS) is 23.1. The molecule has 0 radical (unpaired) electrons. The maximum atomic E-state index is 13.1. The fourth-order valence-electron chi connectivity index (χ4n) is 1.90. The lowest BCUT2D eigenvalue weighted by atomic mass is 10.2. The Kier molecular flexibility index (Phi) is 3.40. The van der Waals surface area contributed by atoms with Gasteiger partial charge in [-0.15, -0.1) is 0 Å². The molecule has 0 saturated carbocycles. The molecule has 0 N–H and O–H groups in total. The van der Waals surface area contributed by atoms with Crippen LogP contribution in [0.15, 0.2) is 16.6 Å². The van der Waals surface area contributed by atoms with Crippen molar-refractivity contribution in [2.45, 2.75) is 6.92 Å². The third-order valence-corrected chi connectivity index (χ3v) is 5.43. The van der Waals surface area contributed by atoms with Gasteiger partial charge in [0.1, 0.15) is 5.82 Å². The van der Waals surface area contributed by atoms with Crippen molar-refractivity contribution < 1.29 is 12.8 Å². The number of anilines is 1. The van der Waals surface area contributed by atoms with Crippen LogP contribution in [0.5, 0.6) is 0 Å². The molecule has 0 bridgehead atoms. The molecule has 1 fully saturated rings. The van der Waals surface area contributed by atoms with E-state index in [1.165, 1.54) is 10.4 Å². The van der Waals surface area contributed by atoms with Crippen LogP contribution in [0.2, 0.25) is 5.02 Å². The van der Waals surface area contributed by atoms with E-state index in [0.29, 0.717) is 16.7 Å². The number of nitrogens with zero attached hydrogens (tertiary/aromatic N) is 1. The van der Waals surface area contributed by atoms with Crippen LogP contribution in [0.3, 0.4) is 0 Å². The second-order valence-corrected chi connectivity index (χ2v) is 7.33. The van der Waals surface area contributed by atoms with Crippen LogP contribution in [0.4, 0.5) is 10.1 Å². The first-order valence-electron chi connectivity index (χ1n) is 4.96. The first-order valence-corrected chi connectivity index (χ1v) is 7.74. The van der Waals surface area contributed by atoms with Crippen molar-refractivity contribution in [1.82, 2.24) is 0 Å². The quantitative estimate of drug-likeness (QED) is 0.787. The topological polar surface area (TPSA) is 37.4 Å². The molecule has 1 saturated heterocycles. The van der Waals surface area contributed by atoms with E-state index < -0.39 is 15.8 Å². The molecular weight excluding hydrogens is 333 g/mol. The van der Waals surface area contributed by atoms with Crippen molar-refractivity contribution in [3.05, 3.63) is 27.4 Å². The zero-order valence-electron chi connectivity index (χ0n) is 8.95. The molecule has 1 aliphatic rings. The highest BCUT2D eigenvalue weighted by atomic mass is 79.9. The van der Waals surface area contributed by atoms with Crippen LogP contribution < -0.4 is 4.31 Å². The molecule has 1 aromatic carbocycles. The minimum Gasteiger partial charge on any atom is -0.267 e. The zero-order chi connectivity index (χ0) is 12.8. The Balaban J connectivity index is 2.55. The number of sulfonamides is 1. The first-order chi connectivity index (χ1) is 7.81. The molecule has 0 amide bonds. The fraction of sp³-hybridized carbons (Fsp3) is 0.400. The number of rotatable bonds is 1. The van der Waals surface area contributed by atoms with Crippen LogP contribution in [0.1, 0.15) is 6.92 Å². The highest BCUT2D eigenvalue weighted by Crippen LogP contribution is 2.39. The summed E-state index contributed by atoms with van der Waals surface area (Å²) in [5.74, 6) is -0.379. The summed E-state index contributed by atoms with van der Waals surface area (Å²) >= 11 is 9.06. The number of halogens is 3. The lowest BCUT2D eigenvalue weighted by Crippen LogP contribution is -2.26. The van der Waals surface area contributed by atoms with Gasteiger partial charge in [-0.05, 0) is 34.0 Å². The number of hydrogen-bond donors (Lipinski definition) is 0. The average Bonchev–Trinajstić information content (AvgIpc) is 2.37. The molecule has 94 valence electrons. The SMILES string of the molecule is CC1CN(c2c(Cl)cc(F)cc2Br)S(=O)(=O)C1. The maximum Gasteiger partial charge on any atom is 0.235 e. The lowest BCUT2D eigenvalue weighted by molar-refractivity contribution is 0.597. The minimum atomic E-state index is -3.35. The Hall–Kier alpha value is -0.330. The maximum absolute atomic E-state index is 13.1. The van der Waals surface area contributed by atoms with E-state index in [1.54, 1.807) is 0 Å². The van der Waals surface area contributed by atoms with E-state index >= 15 is 0 Å². The Morgan fingerprint density at radius 3 is 2.65 bits per heavy atom. The summed E-state index contributed by atoms with van der Waals surface area (Å²) in [6, 6.07) is 2.32. The van der Waals surface area contributed by atoms with Crippen LogP contribution in [-0.4, -0.2) is 20.7 Å². The molecule has 0 aliphatic carbocycles. The molecular formula is C10H10BrClFNO2S. The van der Waals surface area contributed by atoms with Crippen LogP contribution >= 0.6 is 27.5 Å². The molecule has 1 unspecified atom stereocenters. The summed E-state index contributed by atoms with van der Waals surface area (Å²) in [7, 11) is -3.35. The van der Waals surface area contributed by atoms with Crippen molar-refractivity contribution in [1.29, 1.82) is 0 Å². The largest absolute Gasteiger partial charge is 0.267 e. The lowest BCUT2D eigenvalue weighted by Gasteiger charge is -2.20. The summed E-state index contributed by atoms with van der Waals surface area (Å²) in [4.78, 5) is 0. The summed E-state index contributed by atoms with van der Waals surface area (Å²) in [5.41, 5.74) is 0.317. The Bertz CT molecular complexity index is 540. The summed E-state index contributed by atoms with van der Waals surface area (Å²) in [6.07, 6.45) is 0. The monoisotopic (exact) mass is 341 g/mol. The van der Waals surface area contributed by atoms with Gasteiger partial charge in [0.05, 0.1) is 16.5 Å². The smallest absolute Gasteiger partial charge is 0.235 e. The van der Waals surface area contributed by atoms with E-state index in [9.17, 15) is 12.8 Å². The van der Waals surface area contributed by atoms with E-state index in [2.05, 4.69) is 15.9 Å². The fourth-order valence-corrected chi connectivity index (χ4v) is 5.10.